The highest BCUT2D eigenvalue weighted by molar-refractivity contribution is 6.30. The fraction of sp³-hybridized carbons (Fsp3) is 0.455. The third kappa shape index (κ3) is 4.69. The van der Waals surface area contributed by atoms with Gasteiger partial charge in [0.1, 0.15) is 5.82 Å². The normalized spacial score (nSPS) is 21.5. The highest BCUT2D eigenvalue weighted by Crippen LogP contribution is 2.39. The molecule has 0 amide bonds. The zero-order valence-corrected chi connectivity index (χ0v) is 16.1. The van der Waals surface area contributed by atoms with Gasteiger partial charge in [-0.25, -0.2) is 4.39 Å². The predicted octanol–water partition coefficient (Wildman–Crippen LogP) is 4.68. The van der Waals surface area contributed by atoms with Gasteiger partial charge < -0.3 is 9.47 Å². The summed E-state index contributed by atoms with van der Waals surface area (Å²) in [4.78, 5) is 2.41. The first-order valence-electron chi connectivity index (χ1n) is 9.54. The van der Waals surface area contributed by atoms with Crippen LogP contribution in [-0.2, 0) is 22.6 Å². The zero-order valence-electron chi connectivity index (χ0n) is 15.4. The Kier molecular flexibility index (Phi) is 5.79. The van der Waals surface area contributed by atoms with Gasteiger partial charge in [0.15, 0.2) is 0 Å². The van der Waals surface area contributed by atoms with Crippen molar-refractivity contribution in [3.8, 4) is 0 Å². The lowest BCUT2D eigenvalue weighted by molar-refractivity contribution is -0.114. The molecule has 2 aromatic rings. The summed E-state index contributed by atoms with van der Waals surface area (Å²) in [5, 5.41) is 0.787. The average Bonchev–Trinajstić information content (AvgIpc) is 3.04. The highest BCUT2D eigenvalue weighted by Gasteiger charge is 2.49. The topological polar surface area (TPSA) is 21.7 Å². The summed E-state index contributed by atoms with van der Waals surface area (Å²) in [7, 11) is 0. The van der Waals surface area contributed by atoms with Crippen LogP contribution in [0.15, 0.2) is 48.5 Å². The van der Waals surface area contributed by atoms with E-state index in [0.29, 0.717) is 24.7 Å². The Morgan fingerprint density at radius 1 is 1.19 bits per heavy atom. The molecule has 27 heavy (non-hydrogen) atoms. The van der Waals surface area contributed by atoms with Crippen LogP contribution in [0.1, 0.15) is 24.0 Å². The van der Waals surface area contributed by atoms with E-state index in [0.717, 1.165) is 44.1 Å². The Hall–Kier alpha value is -1.46. The molecule has 5 heteroatoms. The fourth-order valence-electron chi connectivity index (χ4n) is 4.17. The van der Waals surface area contributed by atoms with Gasteiger partial charge in [-0.2, -0.15) is 0 Å². The van der Waals surface area contributed by atoms with Crippen molar-refractivity contribution in [2.45, 2.75) is 31.6 Å². The van der Waals surface area contributed by atoms with Crippen LogP contribution in [0.5, 0.6) is 0 Å². The first kappa shape index (κ1) is 18.9. The average molecular weight is 390 g/mol. The summed E-state index contributed by atoms with van der Waals surface area (Å²) >= 11 is 6.06. The Morgan fingerprint density at radius 2 is 2.04 bits per heavy atom. The summed E-state index contributed by atoms with van der Waals surface area (Å²) in [5.41, 5.74) is 1.88. The minimum Gasteiger partial charge on any atom is -0.377 e. The molecule has 0 aliphatic carbocycles. The van der Waals surface area contributed by atoms with E-state index in [4.69, 9.17) is 21.1 Å². The predicted molar refractivity (Wildman–Crippen MR) is 104 cm³/mol. The van der Waals surface area contributed by atoms with Gasteiger partial charge in [-0.1, -0.05) is 41.9 Å². The van der Waals surface area contributed by atoms with Crippen molar-refractivity contribution in [3.05, 3.63) is 70.5 Å². The molecule has 2 aromatic carbocycles. The van der Waals surface area contributed by atoms with Gasteiger partial charge in [0.05, 0.1) is 18.8 Å². The van der Waals surface area contributed by atoms with E-state index >= 15 is 0 Å². The maximum atomic E-state index is 13.6. The number of hydrogen-bond acceptors (Lipinski definition) is 3. The van der Waals surface area contributed by atoms with Crippen molar-refractivity contribution in [1.29, 1.82) is 0 Å². The molecule has 3 nitrogen and oxygen atoms in total. The molecule has 2 aliphatic heterocycles. The molecule has 2 saturated heterocycles. The molecule has 2 fully saturated rings. The number of likely N-dealkylation sites (tertiary alicyclic amines) is 1. The van der Waals surface area contributed by atoms with Crippen LogP contribution in [0.2, 0.25) is 5.02 Å². The number of rotatable bonds is 7. The van der Waals surface area contributed by atoms with E-state index in [2.05, 4.69) is 11.0 Å². The molecule has 0 aromatic heterocycles. The summed E-state index contributed by atoms with van der Waals surface area (Å²) in [5.74, 6) is 0.328. The minimum atomic E-state index is -0.199. The highest BCUT2D eigenvalue weighted by atomic mass is 35.5. The number of ether oxygens (including phenoxy) is 2. The lowest BCUT2D eigenvalue weighted by Gasteiger charge is -2.47. The summed E-state index contributed by atoms with van der Waals surface area (Å²) < 4.78 is 25.4. The second kappa shape index (κ2) is 8.27. The van der Waals surface area contributed by atoms with E-state index < -0.39 is 0 Å². The molecule has 1 atom stereocenters. The van der Waals surface area contributed by atoms with E-state index in [1.54, 1.807) is 12.1 Å². The standard InChI is InChI=1S/C22H25ClFNO2/c23-20-6-3-4-17(10-20)12-25-15-22(16-25)11-18(13-27-22)8-9-26-14-19-5-1-2-7-21(19)24/h1-7,10,18H,8-9,11-16H2. The lowest BCUT2D eigenvalue weighted by atomic mass is 9.86. The number of halogens is 2. The quantitative estimate of drug-likeness (QED) is 0.642. The van der Waals surface area contributed by atoms with Gasteiger partial charge in [0.25, 0.3) is 0 Å². The summed E-state index contributed by atoms with van der Waals surface area (Å²) in [6, 6.07) is 14.8. The van der Waals surface area contributed by atoms with Crippen LogP contribution in [0.4, 0.5) is 4.39 Å². The van der Waals surface area contributed by atoms with Crippen LogP contribution in [-0.4, -0.2) is 36.8 Å². The third-order valence-corrected chi connectivity index (χ3v) is 5.73. The van der Waals surface area contributed by atoms with Crippen LogP contribution in [0, 0.1) is 11.7 Å². The summed E-state index contributed by atoms with van der Waals surface area (Å²) in [6.45, 7) is 4.65. The van der Waals surface area contributed by atoms with Crippen LogP contribution in [0.3, 0.4) is 0 Å². The molecule has 1 unspecified atom stereocenters. The second-order valence-electron chi connectivity index (χ2n) is 7.77. The van der Waals surface area contributed by atoms with Crippen molar-refractivity contribution in [3.63, 3.8) is 0 Å². The van der Waals surface area contributed by atoms with Gasteiger partial charge in [-0.05, 0) is 42.5 Å². The number of hydrogen-bond donors (Lipinski definition) is 0. The molecule has 144 valence electrons. The van der Waals surface area contributed by atoms with Gasteiger partial charge in [-0.3, -0.25) is 4.90 Å². The van der Waals surface area contributed by atoms with Crippen molar-refractivity contribution in [2.24, 2.45) is 5.92 Å². The molecule has 1 spiro atoms. The first-order valence-corrected chi connectivity index (χ1v) is 9.92. The van der Waals surface area contributed by atoms with Crippen molar-refractivity contribution >= 4 is 11.6 Å². The van der Waals surface area contributed by atoms with Gasteiger partial charge in [-0.15, -0.1) is 0 Å². The maximum Gasteiger partial charge on any atom is 0.128 e. The summed E-state index contributed by atoms with van der Waals surface area (Å²) in [6.07, 6.45) is 2.05. The maximum absolute atomic E-state index is 13.6. The van der Waals surface area contributed by atoms with E-state index in [9.17, 15) is 4.39 Å². The molecule has 4 rings (SSSR count). The van der Waals surface area contributed by atoms with E-state index in [1.165, 1.54) is 11.6 Å². The molecule has 2 aliphatic rings. The van der Waals surface area contributed by atoms with Crippen molar-refractivity contribution < 1.29 is 13.9 Å². The third-order valence-electron chi connectivity index (χ3n) is 5.49. The van der Waals surface area contributed by atoms with Crippen LogP contribution >= 0.6 is 11.6 Å². The smallest absolute Gasteiger partial charge is 0.128 e. The van der Waals surface area contributed by atoms with Crippen molar-refractivity contribution in [2.75, 3.05) is 26.3 Å². The molecule has 0 bridgehead atoms. The Balaban J connectivity index is 1.16. The van der Waals surface area contributed by atoms with Gasteiger partial charge >= 0.3 is 0 Å². The van der Waals surface area contributed by atoms with Gasteiger partial charge in [0.2, 0.25) is 0 Å². The first-order chi connectivity index (χ1) is 13.1. The SMILES string of the molecule is Fc1ccccc1COCCC1COC2(C1)CN(Cc1cccc(Cl)c1)C2. The molecular weight excluding hydrogens is 365 g/mol. The second-order valence-corrected chi connectivity index (χ2v) is 8.21. The monoisotopic (exact) mass is 389 g/mol. The lowest BCUT2D eigenvalue weighted by Crippen LogP contribution is -2.60. The van der Waals surface area contributed by atoms with E-state index in [-0.39, 0.29) is 11.4 Å². The number of nitrogens with zero attached hydrogens (tertiary/aromatic N) is 1. The largest absolute Gasteiger partial charge is 0.377 e. The van der Waals surface area contributed by atoms with Crippen molar-refractivity contribution in [1.82, 2.24) is 4.90 Å². The Bertz CT molecular complexity index is 778. The van der Waals surface area contributed by atoms with Crippen LogP contribution in [0.25, 0.3) is 0 Å². The minimum absolute atomic E-state index is 0.0226. The molecule has 0 radical (unpaired) electrons. The number of benzene rings is 2. The Morgan fingerprint density at radius 3 is 2.85 bits per heavy atom. The molecule has 2 heterocycles. The molecule has 0 saturated carbocycles. The fourth-order valence-corrected chi connectivity index (χ4v) is 4.38. The zero-order chi connectivity index (χ0) is 18.7. The van der Waals surface area contributed by atoms with Crippen LogP contribution < -0.4 is 0 Å². The van der Waals surface area contributed by atoms with E-state index in [1.807, 2.05) is 24.3 Å². The van der Waals surface area contributed by atoms with Gasteiger partial charge in [0, 0.05) is 36.8 Å². The Labute approximate surface area is 165 Å². The molecular formula is C22H25ClFNO2. The molecule has 0 N–H and O–H groups in total.